The van der Waals surface area contributed by atoms with E-state index in [1.807, 2.05) is 26.0 Å². The van der Waals surface area contributed by atoms with Crippen molar-refractivity contribution in [2.75, 3.05) is 7.11 Å². The van der Waals surface area contributed by atoms with E-state index in [0.29, 0.717) is 22.4 Å². The Morgan fingerprint density at radius 1 is 1.11 bits per heavy atom. The average molecular weight is 393 g/mol. The predicted molar refractivity (Wildman–Crippen MR) is 99.3 cm³/mol. The number of amides is 1. The van der Waals surface area contributed by atoms with Crippen LogP contribution in [0.4, 0.5) is 18.0 Å². The van der Waals surface area contributed by atoms with Gasteiger partial charge in [0, 0.05) is 11.1 Å². The van der Waals surface area contributed by atoms with Crippen LogP contribution in [0.2, 0.25) is 0 Å². The predicted octanol–water partition coefficient (Wildman–Crippen LogP) is 5.67. The third-order valence-corrected chi connectivity index (χ3v) is 4.90. The van der Waals surface area contributed by atoms with Gasteiger partial charge in [-0.1, -0.05) is 26.0 Å². The van der Waals surface area contributed by atoms with Crippen LogP contribution in [0.15, 0.2) is 36.4 Å². The number of nitrogens with one attached hydrogen (secondary N) is 1. The van der Waals surface area contributed by atoms with Crippen molar-refractivity contribution < 1.29 is 27.4 Å². The van der Waals surface area contributed by atoms with Crippen LogP contribution in [0.25, 0.3) is 11.1 Å². The summed E-state index contributed by atoms with van der Waals surface area (Å²) >= 11 is 0. The highest BCUT2D eigenvalue weighted by molar-refractivity contribution is 5.77. The van der Waals surface area contributed by atoms with Gasteiger partial charge in [0.25, 0.3) is 0 Å². The Kier molecular flexibility index (Phi) is 5.28. The second kappa shape index (κ2) is 7.37. The van der Waals surface area contributed by atoms with Gasteiger partial charge in [-0.15, -0.1) is 0 Å². The fourth-order valence-electron chi connectivity index (χ4n) is 3.36. The third kappa shape index (κ3) is 3.79. The molecule has 7 heteroatoms. The smallest absolute Gasteiger partial charge is 0.416 e. The van der Waals surface area contributed by atoms with Crippen LogP contribution in [0.1, 0.15) is 49.5 Å². The lowest BCUT2D eigenvalue weighted by atomic mass is 9.89. The zero-order chi connectivity index (χ0) is 20.6. The van der Waals surface area contributed by atoms with E-state index in [1.165, 1.54) is 13.2 Å². The topological polar surface area (TPSA) is 47.6 Å². The molecule has 2 aromatic carbocycles. The fraction of sp³-hybridized carbons (Fsp3) is 0.381. The molecule has 0 spiro atoms. The minimum Gasteiger partial charge on any atom is -0.496 e. The molecule has 2 aromatic rings. The van der Waals surface area contributed by atoms with E-state index in [0.717, 1.165) is 17.7 Å². The highest BCUT2D eigenvalue weighted by atomic mass is 19.4. The number of methoxy groups -OCH3 is 1. The zero-order valence-corrected chi connectivity index (χ0v) is 16.1. The number of cyclic esters (lactones) is 1. The number of ether oxygens (including phenoxy) is 2. The molecule has 0 radical (unpaired) electrons. The van der Waals surface area contributed by atoms with Gasteiger partial charge in [0.2, 0.25) is 0 Å². The van der Waals surface area contributed by atoms with Crippen molar-refractivity contribution in [1.29, 1.82) is 0 Å². The molecule has 1 saturated heterocycles. The molecule has 0 saturated carbocycles. The SMILES string of the molecule is COc1ccc(C(C)C)cc1-c1ccc(C(F)(F)F)cc1[C@H]1OC(=O)N[C@H]1C. The number of halogens is 3. The largest absolute Gasteiger partial charge is 0.496 e. The van der Waals surface area contributed by atoms with Gasteiger partial charge in [-0.05, 0) is 48.2 Å². The van der Waals surface area contributed by atoms with Gasteiger partial charge in [-0.3, -0.25) is 0 Å². The number of hydrogen-bond donors (Lipinski definition) is 1. The first-order chi connectivity index (χ1) is 13.1. The minimum atomic E-state index is -4.50. The number of alkyl halides is 3. The Hall–Kier alpha value is -2.70. The Morgan fingerprint density at radius 3 is 2.36 bits per heavy atom. The van der Waals surface area contributed by atoms with E-state index >= 15 is 0 Å². The highest BCUT2D eigenvalue weighted by Gasteiger charge is 2.37. The van der Waals surface area contributed by atoms with Gasteiger partial charge in [-0.2, -0.15) is 13.2 Å². The molecule has 0 unspecified atom stereocenters. The minimum absolute atomic E-state index is 0.229. The molecule has 1 aliphatic heterocycles. The number of benzene rings is 2. The maximum Gasteiger partial charge on any atom is 0.416 e. The summed E-state index contributed by atoms with van der Waals surface area (Å²) in [6, 6.07) is 8.68. The molecule has 1 amide bonds. The quantitative estimate of drug-likeness (QED) is 0.728. The van der Waals surface area contributed by atoms with Crippen LogP contribution in [0.5, 0.6) is 5.75 Å². The molecule has 0 aromatic heterocycles. The lowest BCUT2D eigenvalue weighted by Crippen LogP contribution is -2.24. The summed E-state index contributed by atoms with van der Waals surface area (Å²) in [7, 11) is 1.51. The monoisotopic (exact) mass is 393 g/mol. The Balaban J connectivity index is 2.23. The number of carbonyl (C=O) groups excluding carboxylic acids is 1. The second-order valence-electron chi connectivity index (χ2n) is 7.17. The number of hydrogen-bond acceptors (Lipinski definition) is 3. The number of alkyl carbamates (subject to hydrolysis) is 1. The van der Waals surface area contributed by atoms with E-state index < -0.39 is 30.0 Å². The molecule has 1 N–H and O–H groups in total. The molecule has 1 heterocycles. The van der Waals surface area contributed by atoms with Gasteiger partial charge >= 0.3 is 12.3 Å². The van der Waals surface area contributed by atoms with Gasteiger partial charge in [-0.25, -0.2) is 4.79 Å². The fourth-order valence-corrected chi connectivity index (χ4v) is 3.36. The van der Waals surface area contributed by atoms with E-state index in [-0.39, 0.29) is 5.92 Å². The Bertz CT molecular complexity index is 893. The summed E-state index contributed by atoms with van der Waals surface area (Å²) in [5.41, 5.74) is 1.73. The molecular weight excluding hydrogens is 371 g/mol. The van der Waals surface area contributed by atoms with Gasteiger partial charge in [0.1, 0.15) is 11.9 Å². The van der Waals surface area contributed by atoms with Gasteiger partial charge in [0.15, 0.2) is 0 Å². The van der Waals surface area contributed by atoms with E-state index in [2.05, 4.69) is 5.32 Å². The van der Waals surface area contributed by atoms with Crippen molar-refractivity contribution in [3.05, 3.63) is 53.1 Å². The first-order valence-electron chi connectivity index (χ1n) is 8.98. The van der Waals surface area contributed by atoms with Crippen molar-refractivity contribution >= 4 is 6.09 Å². The van der Waals surface area contributed by atoms with Gasteiger partial charge in [0.05, 0.1) is 18.7 Å². The summed E-state index contributed by atoms with van der Waals surface area (Å²) in [5, 5.41) is 2.59. The zero-order valence-electron chi connectivity index (χ0n) is 16.1. The maximum absolute atomic E-state index is 13.3. The summed E-state index contributed by atoms with van der Waals surface area (Å²) in [6.07, 6.45) is -5.99. The Labute approximate surface area is 161 Å². The van der Waals surface area contributed by atoms with Crippen molar-refractivity contribution in [3.63, 3.8) is 0 Å². The first-order valence-corrected chi connectivity index (χ1v) is 8.98. The maximum atomic E-state index is 13.3. The summed E-state index contributed by atoms with van der Waals surface area (Å²) in [4.78, 5) is 11.7. The molecule has 1 fully saturated rings. The van der Waals surface area contributed by atoms with E-state index in [4.69, 9.17) is 9.47 Å². The van der Waals surface area contributed by atoms with Crippen LogP contribution < -0.4 is 10.1 Å². The summed E-state index contributed by atoms with van der Waals surface area (Å²) < 4.78 is 50.7. The van der Waals surface area contributed by atoms with Crippen molar-refractivity contribution in [2.24, 2.45) is 0 Å². The standard InChI is InChI=1S/C21H22F3NO3/c1-11(2)13-5-8-18(27-4)16(9-13)15-7-6-14(21(22,23)24)10-17(15)19-12(3)25-20(26)28-19/h5-12,19H,1-4H3,(H,25,26)/t12-,19-/m0/s1. The molecule has 1 aliphatic rings. The molecule has 28 heavy (non-hydrogen) atoms. The van der Waals surface area contributed by atoms with Gasteiger partial charge < -0.3 is 14.8 Å². The molecule has 3 rings (SSSR count). The molecule has 2 atom stereocenters. The van der Waals surface area contributed by atoms with Crippen molar-refractivity contribution in [3.8, 4) is 16.9 Å². The first kappa shape index (κ1) is 20.0. The van der Waals surface area contributed by atoms with Crippen molar-refractivity contribution in [1.82, 2.24) is 5.32 Å². The Morgan fingerprint density at radius 2 is 1.82 bits per heavy atom. The normalized spacial score (nSPS) is 19.5. The van der Waals surface area contributed by atoms with Crippen LogP contribution in [-0.4, -0.2) is 19.2 Å². The highest BCUT2D eigenvalue weighted by Crippen LogP contribution is 2.42. The van der Waals surface area contributed by atoms with Crippen LogP contribution in [0, 0.1) is 0 Å². The third-order valence-electron chi connectivity index (χ3n) is 4.90. The lowest BCUT2D eigenvalue weighted by Gasteiger charge is -2.21. The molecule has 0 bridgehead atoms. The van der Waals surface area contributed by atoms with Crippen molar-refractivity contribution in [2.45, 2.75) is 45.0 Å². The van der Waals surface area contributed by atoms with Crippen LogP contribution in [-0.2, 0) is 10.9 Å². The van der Waals surface area contributed by atoms with E-state index in [9.17, 15) is 18.0 Å². The summed E-state index contributed by atoms with van der Waals surface area (Å²) in [6.45, 7) is 5.76. The molecular formula is C21H22F3NO3. The van der Waals surface area contributed by atoms with Crippen LogP contribution in [0.3, 0.4) is 0 Å². The number of rotatable bonds is 4. The number of carbonyl (C=O) groups is 1. The van der Waals surface area contributed by atoms with Crippen LogP contribution >= 0.6 is 0 Å². The van der Waals surface area contributed by atoms with E-state index in [1.54, 1.807) is 13.0 Å². The molecule has 4 nitrogen and oxygen atoms in total. The summed E-state index contributed by atoms with van der Waals surface area (Å²) in [5.74, 6) is 0.766. The average Bonchev–Trinajstić information content (AvgIpc) is 2.97. The lowest BCUT2D eigenvalue weighted by molar-refractivity contribution is -0.137. The molecule has 0 aliphatic carbocycles. The molecule has 150 valence electrons. The second-order valence-corrected chi connectivity index (χ2v) is 7.17.